The third-order valence-electron chi connectivity index (χ3n) is 3.19. The van der Waals surface area contributed by atoms with Gasteiger partial charge in [-0.3, -0.25) is 0 Å². The molecule has 2 rings (SSSR count). The van der Waals surface area contributed by atoms with E-state index >= 15 is 0 Å². The first-order valence-corrected chi connectivity index (χ1v) is 6.69. The summed E-state index contributed by atoms with van der Waals surface area (Å²) in [5.41, 5.74) is 1.45. The Morgan fingerprint density at radius 2 is 2.05 bits per heavy atom. The van der Waals surface area contributed by atoms with Gasteiger partial charge in [0.25, 0.3) is 0 Å². The third kappa shape index (κ3) is 3.24. The monoisotopic (exact) mass is 261 g/mol. The molecule has 0 fully saturated rings. The van der Waals surface area contributed by atoms with E-state index in [2.05, 4.69) is 19.2 Å². The molecule has 102 valence electrons. The minimum atomic E-state index is -0.236. The number of likely N-dealkylation sites (N-methyl/N-ethyl adjacent to an activating group) is 1. The minimum absolute atomic E-state index is 0.236. The second-order valence-electron chi connectivity index (χ2n) is 4.86. The molecule has 2 aromatic rings. The van der Waals surface area contributed by atoms with Gasteiger partial charge in [0.05, 0.1) is 5.56 Å². The molecule has 1 aromatic carbocycles. The van der Waals surface area contributed by atoms with E-state index in [4.69, 9.17) is 4.42 Å². The van der Waals surface area contributed by atoms with Gasteiger partial charge in [-0.1, -0.05) is 19.1 Å². The second-order valence-corrected chi connectivity index (χ2v) is 4.86. The first-order valence-electron chi connectivity index (χ1n) is 6.69. The van der Waals surface area contributed by atoms with E-state index in [-0.39, 0.29) is 5.82 Å². The Morgan fingerprint density at radius 3 is 2.74 bits per heavy atom. The number of furan rings is 1. The van der Waals surface area contributed by atoms with Crippen molar-refractivity contribution in [3.05, 3.63) is 47.5 Å². The van der Waals surface area contributed by atoms with Crippen molar-refractivity contribution in [2.24, 2.45) is 0 Å². The molecule has 0 aliphatic rings. The number of nitrogens with one attached hydrogen (secondary N) is 1. The van der Waals surface area contributed by atoms with E-state index in [1.54, 1.807) is 6.07 Å². The van der Waals surface area contributed by atoms with Crippen molar-refractivity contribution in [3.63, 3.8) is 0 Å². The van der Waals surface area contributed by atoms with Crippen molar-refractivity contribution in [1.82, 2.24) is 5.32 Å². The van der Waals surface area contributed by atoms with Gasteiger partial charge in [-0.15, -0.1) is 0 Å². The predicted octanol–water partition coefficient (Wildman–Crippen LogP) is 3.93. The van der Waals surface area contributed by atoms with Gasteiger partial charge in [0.15, 0.2) is 0 Å². The fourth-order valence-electron chi connectivity index (χ4n) is 2.29. The summed E-state index contributed by atoms with van der Waals surface area (Å²) in [4.78, 5) is 0. The molecule has 19 heavy (non-hydrogen) atoms. The van der Waals surface area contributed by atoms with Crippen LogP contribution in [0.4, 0.5) is 4.39 Å². The van der Waals surface area contributed by atoms with Gasteiger partial charge in [-0.2, -0.15) is 0 Å². The molecule has 3 heteroatoms. The number of hydrogen-bond donors (Lipinski definition) is 1. The van der Waals surface area contributed by atoms with Gasteiger partial charge in [-0.05, 0) is 44.2 Å². The fourth-order valence-corrected chi connectivity index (χ4v) is 2.29. The van der Waals surface area contributed by atoms with Crippen LogP contribution in [0.25, 0.3) is 11.3 Å². The zero-order chi connectivity index (χ0) is 13.8. The summed E-state index contributed by atoms with van der Waals surface area (Å²) in [5, 5.41) is 3.33. The Hall–Kier alpha value is -1.61. The molecule has 2 nitrogen and oxygen atoms in total. The number of benzene rings is 1. The smallest absolute Gasteiger partial charge is 0.137 e. The average Bonchev–Trinajstić information content (AvgIpc) is 2.77. The highest BCUT2D eigenvalue weighted by molar-refractivity contribution is 5.62. The molecule has 0 radical (unpaired) electrons. The molecule has 1 aromatic heterocycles. The molecule has 0 aliphatic heterocycles. The van der Waals surface area contributed by atoms with E-state index in [1.807, 2.05) is 25.1 Å². The molecule has 0 saturated heterocycles. The first kappa shape index (κ1) is 13.8. The molecular weight excluding hydrogens is 241 g/mol. The van der Waals surface area contributed by atoms with Crippen LogP contribution in [0.3, 0.4) is 0 Å². The van der Waals surface area contributed by atoms with Crippen molar-refractivity contribution in [1.29, 1.82) is 0 Å². The molecule has 1 N–H and O–H groups in total. The van der Waals surface area contributed by atoms with Crippen LogP contribution < -0.4 is 5.32 Å². The summed E-state index contributed by atoms with van der Waals surface area (Å²) in [6.07, 6.45) is 0.807. The SMILES string of the molecule is CCNC(C)Cc1ccc(-c2c(C)cccc2F)o1. The Morgan fingerprint density at radius 1 is 1.26 bits per heavy atom. The van der Waals surface area contributed by atoms with E-state index in [1.165, 1.54) is 6.07 Å². The third-order valence-corrected chi connectivity index (χ3v) is 3.19. The summed E-state index contributed by atoms with van der Waals surface area (Å²) in [6.45, 7) is 7.01. The highest BCUT2D eigenvalue weighted by Crippen LogP contribution is 2.28. The highest BCUT2D eigenvalue weighted by Gasteiger charge is 2.13. The molecule has 0 amide bonds. The van der Waals surface area contributed by atoms with Crippen LogP contribution in [0, 0.1) is 12.7 Å². The minimum Gasteiger partial charge on any atom is -0.461 e. The van der Waals surface area contributed by atoms with Crippen LogP contribution in [0.2, 0.25) is 0 Å². The zero-order valence-electron chi connectivity index (χ0n) is 11.7. The van der Waals surface area contributed by atoms with Crippen LogP contribution in [0.5, 0.6) is 0 Å². The normalized spacial score (nSPS) is 12.6. The molecular formula is C16H20FNO. The van der Waals surface area contributed by atoms with Crippen molar-refractivity contribution in [2.75, 3.05) is 6.54 Å². The fraction of sp³-hybridized carbons (Fsp3) is 0.375. The summed E-state index contributed by atoms with van der Waals surface area (Å²) in [7, 11) is 0. The van der Waals surface area contributed by atoms with Crippen molar-refractivity contribution in [2.45, 2.75) is 33.2 Å². The van der Waals surface area contributed by atoms with Crippen molar-refractivity contribution < 1.29 is 8.81 Å². The van der Waals surface area contributed by atoms with E-state index < -0.39 is 0 Å². The van der Waals surface area contributed by atoms with E-state index in [0.29, 0.717) is 17.4 Å². The Bertz CT molecular complexity index is 527. The molecule has 0 aliphatic carbocycles. The second kappa shape index (κ2) is 6.02. The van der Waals surface area contributed by atoms with Crippen LogP contribution in [0.1, 0.15) is 25.2 Å². The van der Waals surface area contributed by atoms with Crippen LogP contribution in [-0.2, 0) is 6.42 Å². The maximum absolute atomic E-state index is 13.9. The van der Waals surface area contributed by atoms with Gasteiger partial charge in [-0.25, -0.2) is 4.39 Å². The maximum Gasteiger partial charge on any atom is 0.137 e. The van der Waals surface area contributed by atoms with Crippen LogP contribution in [-0.4, -0.2) is 12.6 Å². The van der Waals surface area contributed by atoms with Gasteiger partial charge in [0.1, 0.15) is 17.3 Å². The molecule has 0 spiro atoms. The molecule has 1 unspecified atom stereocenters. The average molecular weight is 261 g/mol. The maximum atomic E-state index is 13.9. The van der Waals surface area contributed by atoms with Gasteiger partial charge >= 0.3 is 0 Å². The number of aryl methyl sites for hydroxylation is 1. The van der Waals surface area contributed by atoms with Crippen molar-refractivity contribution in [3.8, 4) is 11.3 Å². The lowest BCUT2D eigenvalue weighted by molar-refractivity contribution is 0.468. The Balaban J connectivity index is 2.21. The molecule has 0 saturated carbocycles. The van der Waals surface area contributed by atoms with E-state index in [9.17, 15) is 4.39 Å². The predicted molar refractivity (Wildman–Crippen MR) is 75.7 cm³/mol. The Labute approximate surface area is 113 Å². The van der Waals surface area contributed by atoms with Crippen LogP contribution >= 0.6 is 0 Å². The highest BCUT2D eigenvalue weighted by atomic mass is 19.1. The molecule has 1 atom stereocenters. The molecule has 1 heterocycles. The largest absolute Gasteiger partial charge is 0.461 e. The Kier molecular flexibility index (Phi) is 4.38. The lowest BCUT2D eigenvalue weighted by Crippen LogP contribution is -2.27. The topological polar surface area (TPSA) is 25.2 Å². The zero-order valence-corrected chi connectivity index (χ0v) is 11.7. The quantitative estimate of drug-likeness (QED) is 0.882. The summed E-state index contributed by atoms with van der Waals surface area (Å²) < 4.78 is 19.6. The number of rotatable bonds is 5. The first-order chi connectivity index (χ1) is 9.11. The summed E-state index contributed by atoms with van der Waals surface area (Å²) in [6, 6.07) is 9.19. The standard InChI is InChI=1S/C16H20FNO/c1-4-18-12(3)10-13-8-9-15(19-13)16-11(2)6-5-7-14(16)17/h5-9,12,18H,4,10H2,1-3H3. The lowest BCUT2D eigenvalue weighted by Gasteiger charge is -2.09. The van der Waals surface area contributed by atoms with Crippen LogP contribution in [0.15, 0.2) is 34.7 Å². The van der Waals surface area contributed by atoms with Gasteiger partial charge in [0.2, 0.25) is 0 Å². The van der Waals surface area contributed by atoms with E-state index in [0.717, 1.165) is 24.3 Å². The van der Waals surface area contributed by atoms with Gasteiger partial charge in [0, 0.05) is 12.5 Å². The molecule has 0 bridgehead atoms. The number of hydrogen-bond acceptors (Lipinski definition) is 2. The number of halogens is 1. The summed E-state index contributed by atoms with van der Waals surface area (Å²) >= 11 is 0. The van der Waals surface area contributed by atoms with Gasteiger partial charge < -0.3 is 9.73 Å². The van der Waals surface area contributed by atoms with Crippen molar-refractivity contribution >= 4 is 0 Å². The lowest BCUT2D eigenvalue weighted by atomic mass is 10.1. The summed E-state index contributed by atoms with van der Waals surface area (Å²) in [5.74, 6) is 1.25.